The number of ketones is 1. The zero-order valence-electron chi connectivity index (χ0n) is 41.8. The number of methoxy groups -OCH3 is 1. The molecule has 0 radical (unpaired) electrons. The third kappa shape index (κ3) is 21.7. The van der Waals surface area contributed by atoms with Crippen LogP contribution in [0.5, 0.6) is 0 Å². The number of phosphoric acid groups is 1. The molecule has 0 aliphatic heterocycles. The van der Waals surface area contributed by atoms with Crippen LogP contribution in [0, 0.1) is 0 Å². The number of carbonyl (C=O) groups excluding carboxylic acids is 3. The van der Waals surface area contributed by atoms with Crippen molar-refractivity contribution >= 4 is 25.7 Å². The first-order chi connectivity index (χ1) is 35.4. The molecule has 0 saturated carbocycles. The molecule has 0 spiro atoms. The number of hydrazine groups is 1. The van der Waals surface area contributed by atoms with E-state index in [-0.39, 0.29) is 65.0 Å². The predicted molar refractivity (Wildman–Crippen MR) is 270 cm³/mol. The van der Waals surface area contributed by atoms with Gasteiger partial charge in [0.2, 0.25) is 6.29 Å². The number of ether oxygens (including phenoxy) is 8. The maximum Gasteiger partial charge on any atom is 0.476 e. The van der Waals surface area contributed by atoms with Gasteiger partial charge in [-0.3, -0.25) is 24.2 Å². The Morgan fingerprint density at radius 3 is 1.47 bits per heavy atom. The highest BCUT2D eigenvalue weighted by Crippen LogP contribution is 2.50. The summed E-state index contributed by atoms with van der Waals surface area (Å²) in [5.74, 6) is 4.55. The average Bonchev–Trinajstić information content (AvgIpc) is 3.41. The van der Waals surface area contributed by atoms with Crippen LogP contribution in [-0.2, 0) is 98.7 Å². The van der Waals surface area contributed by atoms with E-state index in [1.807, 2.05) is 140 Å². The Balaban J connectivity index is 1.56. The molecule has 19 heteroatoms. The lowest BCUT2D eigenvalue weighted by Gasteiger charge is -2.36. The van der Waals surface area contributed by atoms with Gasteiger partial charge < -0.3 is 47.6 Å². The normalized spacial score (nSPS) is 14.7. The fraction of sp³-hybridized carbons (Fsp3) is 0.389. The maximum absolute atomic E-state index is 14.4. The third-order valence-corrected chi connectivity index (χ3v) is 12.2. The molecule has 0 aromatic heterocycles. The van der Waals surface area contributed by atoms with E-state index < -0.39 is 69.9 Å². The molecule has 0 fully saturated rings. The number of benzene rings is 5. The van der Waals surface area contributed by atoms with Gasteiger partial charge in [-0.05, 0) is 34.7 Å². The molecular weight excluding hydrogens is 962 g/mol. The van der Waals surface area contributed by atoms with Gasteiger partial charge in [0.05, 0.1) is 59.3 Å². The molecule has 73 heavy (non-hydrogen) atoms. The number of Topliss-reactive ketones (excluding diaryl/α,β-unsaturated/α-hetero) is 1. The molecule has 0 bridgehead atoms. The van der Waals surface area contributed by atoms with Crippen molar-refractivity contribution in [2.24, 2.45) is 5.84 Å². The van der Waals surface area contributed by atoms with Gasteiger partial charge >= 0.3 is 19.9 Å². The topological polar surface area (TPSA) is 211 Å². The Bertz CT molecular complexity index is 2360. The Hall–Kier alpha value is -5.70. The first-order valence-corrected chi connectivity index (χ1v) is 25.2. The first-order valence-electron chi connectivity index (χ1n) is 23.8. The fourth-order valence-electron chi connectivity index (χ4n) is 6.92. The second-order valence-electron chi connectivity index (χ2n) is 16.8. The molecule has 7 unspecified atom stereocenters. The van der Waals surface area contributed by atoms with Crippen LogP contribution < -0.4 is 11.3 Å². The lowest BCUT2D eigenvalue weighted by Crippen LogP contribution is -2.51. The van der Waals surface area contributed by atoms with E-state index in [1.165, 1.54) is 33.0 Å². The van der Waals surface area contributed by atoms with Crippen LogP contribution in [0.25, 0.3) is 0 Å². The van der Waals surface area contributed by atoms with Crippen LogP contribution in [-0.4, -0.2) is 107 Å². The van der Waals surface area contributed by atoms with E-state index in [1.54, 1.807) is 12.1 Å². The predicted octanol–water partition coefficient (Wildman–Crippen LogP) is 8.08. The van der Waals surface area contributed by atoms with Crippen molar-refractivity contribution in [3.8, 4) is 0 Å². The van der Waals surface area contributed by atoms with E-state index >= 15 is 0 Å². The summed E-state index contributed by atoms with van der Waals surface area (Å²) in [6.45, 7) is 0.0901. The number of phosphoric ester groups is 1. The van der Waals surface area contributed by atoms with Crippen LogP contribution in [0.4, 0.5) is 4.79 Å². The number of esters is 1. The number of hydrogen-bond donors (Lipinski definition) is 2. The summed E-state index contributed by atoms with van der Waals surface area (Å²) in [5.41, 5.74) is 6.28. The molecule has 1 amide bonds. The third-order valence-electron chi connectivity index (χ3n) is 10.9. The molecule has 7 atom stereocenters. The van der Waals surface area contributed by atoms with Crippen molar-refractivity contribution in [2.75, 3.05) is 47.8 Å². The van der Waals surface area contributed by atoms with Crippen LogP contribution in [0.3, 0.4) is 0 Å². The van der Waals surface area contributed by atoms with E-state index in [0.29, 0.717) is 5.56 Å². The van der Waals surface area contributed by atoms with Crippen LogP contribution in [0.15, 0.2) is 152 Å². The summed E-state index contributed by atoms with van der Waals surface area (Å²) >= 11 is 0. The Morgan fingerprint density at radius 2 is 1.00 bits per heavy atom. The standard InChI is InChI=1S/C54H68N3O15P/c1-41(58)30-31-50(59)71-52(47(62-4)37-63-32-42-20-10-5-11-21-42)53(72-54(60)57(2)3)67-38-48(64-33-43-22-12-6-13-23-43)51(66-35-45-26-16-8-17-27-45)49(65-34-44-24-14-7-15-25-44)39-69-73(61,70-40-56-55)68-36-46-28-18-9-19-29-46/h5-29,47-49,51-53,56H,30-40,55H2,1-4H3. The van der Waals surface area contributed by atoms with Gasteiger partial charge in [-0.1, -0.05) is 152 Å². The smallest absolute Gasteiger partial charge is 0.453 e. The molecule has 0 saturated heterocycles. The van der Waals surface area contributed by atoms with Crippen LogP contribution in [0.1, 0.15) is 47.6 Å². The Morgan fingerprint density at radius 1 is 0.534 bits per heavy atom. The van der Waals surface area contributed by atoms with Gasteiger partial charge in [0.1, 0.15) is 36.9 Å². The molecule has 5 rings (SSSR count). The van der Waals surface area contributed by atoms with E-state index in [0.717, 1.165) is 22.3 Å². The van der Waals surface area contributed by atoms with Crippen molar-refractivity contribution in [3.05, 3.63) is 179 Å². The zero-order valence-corrected chi connectivity index (χ0v) is 42.7. The highest BCUT2D eigenvalue weighted by molar-refractivity contribution is 7.48. The summed E-state index contributed by atoms with van der Waals surface area (Å²) in [4.78, 5) is 40.3. The Kier molecular flexibility index (Phi) is 25.9. The largest absolute Gasteiger partial charge is 0.476 e. The minimum atomic E-state index is -4.41. The molecule has 18 nitrogen and oxygen atoms in total. The van der Waals surface area contributed by atoms with Gasteiger partial charge in [-0.25, -0.2) is 14.8 Å². The molecule has 5 aromatic carbocycles. The van der Waals surface area contributed by atoms with E-state index in [4.69, 9.17) is 57.3 Å². The Labute approximate surface area is 427 Å². The second kappa shape index (κ2) is 32.5. The molecular formula is C54H68N3O15P. The molecule has 0 heterocycles. The molecule has 5 aromatic rings. The number of nitrogens with two attached hydrogens (primary N) is 1. The van der Waals surface area contributed by atoms with Crippen molar-refractivity contribution in [2.45, 2.75) is 89.6 Å². The van der Waals surface area contributed by atoms with Crippen molar-refractivity contribution in [1.29, 1.82) is 0 Å². The number of rotatable bonds is 35. The second-order valence-corrected chi connectivity index (χ2v) is 18.5. The van der Waals surface area contributed by atoms with E-state index in [9.17, 15) is 18.9 Å². The minimum absolute atomic E-state index is 0.0237. The van der Waals surface area contributed by atoms with Gasteiger partial charge in [0.25, 0.3) is 0 Å². The van der Waals surface area contributed by atoms with Crippen molar-refractivity contribution in [1.82, 2.24) is 10.3 Å². The zero-order chi connectivity index (χ0) is 52.1. The SMILES string of the molecule is COC(COCc1ccccc1)C(OC(=O)CCC(C)=O)C(OCC(OCc1ccccc1)C(OCc1ccccc1)C(COP(=O)(OCNN)OCc1ccccc1)OCc1ccccc1)OC(=O)N(C)C. The van der Waals surface area contributed by atoms with Gasteiger partial charge in [-0.15, -0.1) is 0 Å². The van der Waals surface area contributed by atoms with Crippen LogP contribution in [0.2, 0.25) is 0 Å². The summed E-state index contributed by atoms with van der Waals surface area (Å²) in [6, 6.07) is 46.6. The lowest BCUT2D eigenvalue weighted by atomic mass is 10.1. The van der Waals surface area contributed by atoms with Gasteiger partial charge in [0, 0.05) is 27.6 Å². The first kappa shape index (κ1) is 58.2. The van der Waals surface area contributed by atoms with Gasteiger partial charge in [-0.2, -0.15) is 0 Å². The summed E-state index contributed by atoms with van der Waals surface area (Å²) < 4.78 is 82.8. The molecule has 3 N–H and O–H groups in total. The minimum Gasteiger partial charge on any atom is -0.453 e. The number of nitrogens with zero attached hydrogens (tertiary/aromatic N) is 1. The van der Waals surface area contributed by atoms with Crippen molar-refractivity contribution < 1.29 is 70.4 Å². The summed E-state index contributed by atoms with van der Waals surface area (Å²) in [6.07, 6.45) is -8.84. The highest BCUT2D eigenvalue weighted by atomic mass is 31.2. The van der Waals surface area contributed by atoms with Gasteiger partial charge in [0.15, 0.2) is 6.10 Å². The quantitative estimate of drug-likeness (QED) is 0.0129. The molecule has 0 aliphatic rings. The lowest BCUT2D eigenvalue weighted by molar-refractivity contribution is -0.239. The average molecular weight is 1030 g/mol. The number of hydrogen-bond acceptors (Lipinski definition) is 17. The number of nitrogens with one attached hydrogen (secondary N) is 1. The fourth-order valence-corrected chi connectivity index (χ4v) is 8.02. The molecule has 0 aliphatic carbocycles. The van der Waals surface area contributed by atoms with Crippen molar-refractivity contribution in [3.63, 3.8) is 0 Å². The maximum atomic E-state index is 14.4. The summed E-state index contributed by atoms with van der Waals surface area (Å²) in [7, 11) is -0.0583. The number of carbonyl (C=O) groups is 3. The van der Waals surface area contributed by atoms with E-state index in [2.05, 4.69) is 5.43 Å². The van der Waals surface area contributed by atoms with Crippen LogP contribution >= 0.6 is 7.82 Å². The summed E-state index contributed by atoms with van der Waals surface area (Å²) in [5, 5.41) is 0. The monoisotopic (exact) mass is 1030 g/mol. The molecule has 394 valence electrons. The number of amides is 1. The highest BCUT2D eigenvalue weighted by Gasteiger charge is 2.41.